The maximum absolute atomic E-state index is 13.0. The second-order valence-corrected chi connectivity index (χ2v) is 10.1. The number of aliphatic hydroxyl groups excluding tert-OH is 1. The standard InChI is InChI=1S/C26H30N4O3/c1-27-10-9-21-20-5-2-3-6-23(20)30(25(21)26(27)33)16-19(31)15-28-12-17-11-18(14-28)22-7-4-8-24(32)29(22)13-17/h2-8,17-19,31H,9-16H2,1H3/p+1/t17-,18+,19-/m0/s1. The van der Waals surface area contributed by atoms with Crippen molar-refractivity contribution in [2.24, 2.45) is 5.92 Å². The molecule has 4 atom stereocenters. The van der Waals surface area contributed by atoms with Crippen LogP contribution in [0.2, 0.25) is 0 Å². The highest BCUT2D eigenvalue weighted by Crippen LogP contribution is 2.31. The van der Waals surface area contributed by atoms with E-state index < -0.39 is 6.10 Å². The van der Waals surface area contributed by atoms with E-state index >= 15 is 0 Å². The Hall–Kier alpha value is -2.90. The first-order valence-electron chi connectivity index (χ1n) is 12.1. The maximum atomic E-state index is 13.0. The van der Waals surface area contributed by atoms with Crippen LogP contribution < -0.4 is 10.5 Å². The summed E-state index contributed by atoms with van der Waals surface area (Å²) >= 11 is 0. The van der Waals surface area contributed by atoms with E-state index in [1.54, 1.807) is 11.0 Å². The molecule has 5 heterocycles. The lowest BCUT2D eigenvalue weighted by atomic mass is 9.83. The van der Waals surface area contributed by atoms with Crippen LogP contribution in [-0.4, -0.2) is 64.4 Å². The van der Waals surface area contributed by atoms with Gasteiger partial charge in [-0.3, -0.25) is 9.59 Å². The third-order valence-corrected chi connectivity index (χ3v) is 7.91. The van der Waals surface area contributed by atoms with Crippen molar-refractivity contribution in [2.45, 2.75) is 38.0 Å². The number of piperidine rings is 1. The monoisotopic (exact) mass is 447 g/mol. The number of likely N-dealkylation sites (N-methyl/N-ethyl adjacent to an activating group) is 1. The molecule has 0 radical (unpaired) electrons. The van der Waals surface area contributed by atoms with Crippen molar-refractivity contribution in [1.82, 2.24) is 14.0 Å². The van der Waals surface area contributed by atoms with Gasteiger partial charge in [-0.25, -0.2) is 0 Å². The fourth-order valence-corrected chi connectivity index (χ4v) is 6.52. The number of aliphatic hydroxyl groups is 1. The second kappa shape index (κ2) is 7.85. The number of aromatic nitrogens is 2. The van der Waals surface area contributed by atoms with Gasteiger partial charge < -0.3 is 24.0 Å². The molecule has 1 amide bonds. The molecule has 2 aromatic heterocycles. The quantitative estimate of drug-likeness (QED) is 0.612. The average Bonchev–Trinajstić information content (AvgIpc) is 3.11. The molecular formula is C26H31N4O3+. The minimum atomic E-state index is -0.545. The summed E-state index contributed by atoms with van der Waals surface area (Å²) < 4.78 is 4.00. The van der Waals surface area contributed by atoms with Crippen LogP contribution in [0.1, 0.15) is 34.1 Å². The van der Waals surface area contributed by atoms with Crippen LogP contribution in [-0.2, 0) is 19.5 Å². The summed E-state index contributed by atoms with van der Waals surface area (Å²) in [6.45, 7) is 4.48. The normalized spacial score (nSPS) is 25.1. The van der Waals surface area contributed by atoms with Crippen molar-refractivity contribution in [1.29, 1.82) is 0 Å². The minimum Gasteiger partial charge on any atom is -0.385 e. The molecule has 6 rings (SSSR count). The third kappa shape index (κ3) is 3.42. The highest BCUT2D eigenvalue weighted by molar-refractivity contribution is 6.02. The number of pyridine rings is 1. The topological polar surface area (TPSA) is 71.9 Å². The first-order valence-corrected chi connectivity index (χ1v) is 12.1. The van der Waals surface area contributed by atoms with Crippen molar-refractivity contribution >= 4 is 16.8 Å². The van der Waals surface area contributed by atoms with E-state index in [9.17, 15) is 14.7 Å². The number of hydrogen-bond donors (Lipinski definition) is 2. The molecule has 1 aromatic carbocycles. The third-order valence-electron chi connectivity index (χ3n) is 7.91. The molecule has 1 saturated heterocycles. The molecular weight excluding hydrogens is 416 g/mol. The van der Waals surface area contributed by atoms with Crippen molar-refractivity contribution in [2.75, 3.05) is 33.2 Å². The van der Waals surface area contributed by atoms with Crippen LogP contribution in [0.5, 0.6) is 0 Å². The number of para-hydroxylation sites is 1. The Labute approximate surface area is 192 Å². The lowest BCUT2D eigenvalue weighted by molar-refractivity contribution is -0.914. The number of carbonyl (C=O) groups is 1. The summed E-state index contributed by atoms with van der Waals surface area (Å²) in [5.41, 5.74) is 4.13. The van der Waals surface area contributed by atoms with Crippen molar-refractivity contribution in [3.05, 3.63) is 69.8 Å². The zero-order chi connectivity index (χ0) is 22.7. The van der Waals surface area contributed by atoms with E-state index in [1.807, 2.05) is 34.4 Å². The summed E-state index contributed by atoms with van der Waals surface area (Å²) in [5, 5.41) is 12.3. The first-order chi connectivity index (χ1) is 16.0. The maximum Gasteiger partial charge on any atom is 0.270 e. The van der Waals surface area contributed by atoms with Gasteiger partial charge in [0.2, 0.25) is 0 Å². The van der Waals surface area contributed by atoms with Gasteiger partial charge in [0, 0.05) is 54.6 Å². The Bertz CT molecular complexity index is 1290. The Kier molecular flexibility index (Phi) is 4.92. The molecule has 2 N–H and O–H groups in total. The van der Waals surface area contributed by atoms with Gasteiger partial charge in [-0.05, 0) is 30.5 Å². The Balaban J connectivity index is 1.24. The summed E-state index contributed by atoms with van der Waals surface area (Å²) in [4.78, 5) is 28.5. The fourth-order valence-electron chi connectivity index (χ4n) is 6.52. The number of hydrogen-bond acceptors (Lipinski definition) is 3. The molecule has 172 valence electrons. The number of nitrogens with zero attached hydrogens (tertiary/aromatic N) is 3. The lowest BCUT2D eigenvalue weighted by Gasteiger charge is -2.40. The number of benzene rings is 1. The van der Waals surface area contributed by atoms with Gasteiger partial charge in [0.05, 0.1) is 19.6 Å². The summed E-state index contributed by atoms with van der Waals surface area (Å²) in [6.07, 6.45) is 1.43. The number of likely N-dealkylation sites (tertiary alicyclic amines) is 1. The lowest BCUT2D eigenvalue weighted by Crippen LogP contribution is -3.15. The highest BCUT2D eigenvalue weighted by atomic mass is 16.3. The Morgan fingerprint density at radius 1 is 1.12 bits per heavy atom. The van der Waals surface area contributed by atoms with E-state index in [0.717, 1.165) is 66.9 Å². The number of quaternary nitrogens is 1. The van der Waals surface area contributed by atoms with Crippen LogP contribution in [0.4, 0.5) is 0 Å². The van der Waals surface area contributed by atoms with E-state index in [4.69, 9.17) is 0 Å². The van der Waals surface area contributed by atoms with Crippen molar-refractivity contribution in [3.8, 4) is 0 Å². The van der Waals surface area contributed by atoms with Crippen molar-refractivity contribution in [3.63, 3.8) is 0 Å². The van der Waals surface area contributed by atoms with E-state index in [-0.39, 0.29) is 11.5 Å². The summed E-state index contributed by atoms with van der Waals surface area (Å²) in [7, 11) is 1.85. The van der Waals surface area contributed by atoms with Crippen LogP contribution in [0.25, 0.3) is 10.9 Å². The molecule has 0 aliphatic carbocycles. The zero-order valence-corrected chi connectivity index (χ0v) is 19.0. The number of nitrogens with one attached hydrogen (secondary N) is 1. The molecule has 0 spiro atoms. The molecule has 0 saturated carbocycles. The Morgan fingerprint density at radius 2 is 1.97 bits per heavy atom. The van der Waals surface area contributed by atoms with Crippen molar-refractivity contribution < 1.29 is 14.8 Å². The minimum absolute atomic E-state index is 0.0431. The molecule has 33 heavy (non-hydrogen) atoms. The van der Waals surface area contributed by atoms with Crippen LogP contribution in [0.3, 0.4) is 0 Å². The largest absolute Gasteiger partial charge is 0.385 e. The summed E-state index contributed by atoms with van der Waals surface area (Å²) in [5.74, 6) is 0.875. The van der Waals surface area contributed by atoms with Crippen LogP contribution in [0, 0.1) is 5.92 Å². The van der Waals surface area contributed by atoms with Gasteiger partial charge in [0.25, 0.3) is 11.5 Å². The first kappa shape index (κ1) is 20.7. The number of fused-ring (bicyclic) bond motifs is 7. The number of rotatable bonds is 4. The molecule has 3 aliphatic heterocycles. The van der Waals surface area contributed by atoms with Gasteiger partial charge in [0.15, 0.2) is 0 Å². The molecule has 1 fully saturated rings. The molecule has 2 bridgehead atoms. The van der Waals surface area contributed by atoms with Gasteiger partial charge in [-0.2, -0.15) is 0 Å². The van der Waals surface area contributed by atoms with E-state index in [1.165, 1.54) is 4.90 Å². The second-order valence-electron chi connectivity index (χ2n) is 10.1. The average molecular weight is 448 g/mol. The fraction of sp³-hybridized carbons (Fsp3) is 0.462. The predicted octanol–water partition coefficient (Wildman–Crippen LogP) is 0.494. The molecule has 7 nitrogen and oxygen atoms in total. The van der Waals surface area contributed by atoms with Crippen LogP contribution in [0.15, 0.2) is 47.3 Å². The van der Waals surface area contributed by atoms with Gasteiger partial charge in [0.1, 0.15) is 18.3 Å². The number of amides is 1. The predicted molar refractivity (Wildman–Crippen MR) is 126 cm³/mol. The van der Waals surface area contributed by atoms with E-state index in [2.05, 4.69) is 18.2 Å². The molecule has 3 aromatic rings. The van der Waals surface area contributed by atoms with Gasteiger partial charge in [-0.15, -0.1) is 0 Å². The van der Waals surface area contributed by atoms with Crippen LogP contribution >= 0.6 is 0 Å². The highest BCUT2D eigenvalue weighted by Gasteiger charge is 2.38. The smallest absolute Gasteiger partial charge is 0.270 e. The zero-order valence-electron chi connectivity index (χ0n) is 19.0. The Morgan fingerprint density at radius 3 is 2.85 bits per heavy atom. The van der Waals surface area contributed by atoms with Gasteiger partial charge in [-0.1, -0.05) is 24.3 Å². The van der Waals surface area contributed by atoms with Gasteiger partial charge >= 0.3 is 0 Å². The number of carbonyl (C=O) groups excluding carboxylic acids is 1. The summed E-state index contributed by atoms with van der Waals surface area (Å²) in [6, 6.07) is 13.8. The molecule has 1 unspecified atom stereocenters. The van der Waals surface area contributed by atoms with E-state index in [0.29, 0.717) is 24.9 Å². The SMILES string of the molecule is CN1CCc2c(n(C[C@@H](O)C[NH+]3C[C@@H]4C[C@H](C3)c3cccc(=O)n3C4)c3ccccc23)C1=O. The molecule has 7 heteroatoms. The molecule has 3 aliphatic rings.